The van der Waals surface area contributed by atoms with E-state index < -0.39 is 10.5 Å². The Hall–Kier alpha value is -1.62. The minimum atomic E-state index is -2.44. The standard InChI is InChI=1S/C9H10N2O2S/c1-2-5-8-6-3-4-7-9(8)10-11-14(12)13/h2-4,6-7,10H,1,5H2. The van der Waals surface area contributed by atoms with Crippen LogP contribution in [0.2, 0.25) is 0 Å². The molecule has 14 heavy (non-hydrogen) atoms. The Morgan fingerprint density at radius 3 is 2.79 bits per heavy atom. The fourth-order valence-electron chi connectivity index (χ4n) is 1.05. The number of hydrogen-bond acceptors (Lipinski definition) is 3. The Balaban J connectivity index is 2.94. The third-order valence-electron chi connectivity index (χ3n) is 1.62. The minimum absolute atomic E-state index is 0.671. The highest BCUT2D eigenvalue weighted by Gasteiger charge is 1.97. The van der Waals surface area contributed by atoms with Gasteiger partial charge in [0.25, 0.3) is 0 Å². The molecular formula is C9H10N2O2S. The Labute approximate surface area is 84.0 Å². The molecule has 0 amide bonds. The normalized spacial score (nSPS) is 9.14. The molecule has 0 aliphatic rings. The highest BCUT2D eigenvalue weighted by Crippen LogP contribution is 2.15. The van der Waals surface area contributed by atoms with E-state index in [0.29, 0.717) is 12.1 Å². The maximum absolute atomic E-state index is 10.2. The molecular weight excluding hydrogens is 200 g/mol. The summed E-state index contributed by atoms with van der Waals surface area (Å²) < 4.78 is 23.6. The quantitative estimate of drug-likeness (QED) is 0.609. The van der Waals surface area contributed by atoms with Gasteiger partial charge in [-0.15, -0.1) is 6.58 Å². The van der Waals surface area contributed by atoms with Crippen molar-refractivity contribution in [3.63, 3.8) is 0 Å². The molecule has 0 aliphatic carbocycles. The van der Waals surface area contributed by atoms with Gasteiger partial charge in [0.1, 0.15) is 0 Å². The van der Waals surface area contributed by atoms with Gasteiger partial charge in [-0.3, -0.25) is 5.43 Å². The van der Waals surface area contributed by atoms with E-state index in [-0.39, 0.29) is 0 Å². The van der Waals surface area contributed by atoms with E-state index in [9.17, 15) is 8.42 Å². The zero-order chi connectivity index (χ0) is 10.4. The van der Waals surface area contributed by atoms with E-state index >= 15 is 0 Å². The second-order valence-electron chi connectivity index (χ2n) is 2.57. The summed E-state index contributed by atoms with van der Waals surface area (Å²) in [6.45, 7) is 3.61. The van der Waals surface area contributed by atoms with Crippen LogP contribution >= 0.6 is 0 Å². The van der Waals surface area contributed by atoms with Gasteiger partial charge in [0.15, 0.2) is 0 Å². The van der Waals surface area contributed by atoms with E-state index in [4.69, 9.17) is 0 Å². The summed E-state index contributed by atoms with van der Waals surface area (Å²) in [5.74, 6) is 0. The average Bonchev–Trinajstić information content (AvgIpc) is 2.17. The monoisotopic (exact) mass is 210 g/mol. The number of allylic oxidation sites excluding steroid dienone is 1. The molecule has 0 saturated carbocycles. The van der Waals surface area contributed by atoms with Crippen molar-refractivity contribution in [3.05, 3.63) is 42.5 Å². The van der Waals surface area contributed by atoms with Crippen molar-refractivity contribution in [2.45, 2.75) is 6.42 Å². The molecule has 0 aromatic heterocycles. The molecule has 1 rings (SSSR count). The lowest BCUT2D eigenvalue weighted by Crippen LogP contribution is -1.93. The van der Waals surface area contributed by atoms with Crippen LogP contribution in [0.3, 0.4) is 0 Å². The van der Waals surface area contributed by atoms with Crippen LogP contribution in [0.1, 0.15) is 5.56 Å². The number of nitrogens with one attached hydrogen (secondary N) is 1. The topological polar surface area (TPSA) is 58.5 Å². The predicted octanol–water partition coefficient (Wildman–Crippen LogP) is 1.80. The van der Waals surface area contributed by atoms with Gasteiger partial charge in [-0.05, 0) is 18.1 Å². The van der Waals surface area contributed by atoms with Crippen LogP contribution in [-0.4, -0.2) is 8.42 Å². The lowest BCUT2D eigenvalue weighted by Gasteiger charge is -2.04. The fourth-order valence-corrected chi connectivity index (χ4v) is 1.22. The van der Waals surface area contributed by atoms with Gasteiger partial charge in [0.2, 0.25) is 0 Å². The van der Waals surface area contributed by atoms with Crippen molar-refractivity contribution in [3.8, 4) is 0 Å². The summed E-state index contributed by atoms with van der Waals surface area (Å²) in [5.41, 5.74) is 4.09. The summed E-state index contributed by atoms with van der Waals surface area (Å²) in [4.78, 5) is 0. The summed E-state index contributed by atoms with van der Waals surface area (Å²) in [6, 6.07) is 7.32. The molecule has 74 valence electrons. The largest absolute Gasteiger partial charge is 0.332 e. The van der Waals surface area contributed by atoms with Gasteiger partial charge in [-0.2, -0.15) is 8.42 Å². The first-order chi connectivity index (χ1) is 6.74. The molecule has 0 spiro atoms. The van der Waals surface area contributed by atoms with Crippen LogP contribution in [0, 0.1) is 0 Å². The van der Waals surface area contributed by atoms with Crippen molar-refractivity contribution in [1.82, 2.24) is 0 Å². The van der Waals surface area contributed by atoms with Crippen LogP contribution in [0.15, 0.2) is 41.4 Å². The molecule has 0 atom stereocenters. The van der Waals surface area contributed by atoms with Crippen LogP contribution in [0.5, 0.6) is 0 Å². The minimum Gasteiger partial charge on any atom is -0.263 e. The first kappa shape index (κ1) is 10.5. The second-order valence-corrected chi connectivity index (χ2v) is 3.19. The number of anilines is 1. The van der Waals surface area contributed by atoms with Crippen molar-refractivity contribution in [1.29, 1.82) is 0 Å². The molecule has 4 nitrogen and oxygen atoms in total. The van der Waals surface area contributed by atoms with E-state index in [0.717, 1.165) is 5.56 Å². The number of benzene rings is 1. The zero-order valence-corrected chi connectivity index (χ0v) is 8.29. The first-order valence-corrected chi connectivity index (χ1v) is 5.02. The van der Waals surface area contributed by atoms with Crippen molar-refractivity contribution < 1.29 is 8.42 Å². The van der Waals surface area contributed by atoms with Crippen LogP contribution < -0.4 is 5.43 Å². The summed E-state index contributed by atoms with van der Waals surface area (Å²) in [5, 5.41) is 0. The lowest BCUT2D eigenvalue weighted by molar-refractivity contribution is 0.621. The Kier molecular flexibility index (Phi) is 3.87. The molecule has 0 fully saturated rings. The van der Waals surface area contributed by atoms with Gasteiger partial charge in [0.05, 0.1) is 5.69 Å². The number of nitrogens with zero attached hydrogens (tertiary/aromatic N) is 1. The molecule has 1 N–H and O–H groups in total. The summed E-state index contributed by atoms with van der Waals surface area (Å²) in [7, 11) is -2.44. The summed E-state index contributed by atoms with van der Waals surface area (Å²) >= 11 is 0. The summed E-state index contributed by atoms with van der Waals surface area (Å²) in [6.07, 6.45) is 2.42. The van der Waals surface area contributed by atoms with Crippen LogP contribution in [-0.2, 0) is 16.9 Å². The van der Waals surface area contributed by atoms with Gasteiger partial charge in [0, 0.05) is 0 Å². The average molecular weight is 210 g/mol. The van der Waals surface area contributed by atoms with E-state index in [1.807, 2.05) is 12.1 Å². The Morgan fingerprint density at radius 2 is 2.14 bits per heavy atom. The molecule has 1 aromatic rings. The third-order valence-corrected chi connectivity index (χ3v) is 1.86. The van der Waals surface area contributed by atoms with E-state index in [2.05, 4.69) is 16.5 Å². The Morgan fingerprint density at radius 1 is 1.43 bits per heavy atom. The van der Waals surface area contributed by atoms with Crippen molar-refractivity contribution in [2.75, 3.05) is 5.43 Å². The first-order valence-electron chi connectivity index (χ1n) is 3.99. The van der Waals surface area contributed by atoms with Gasteiger partial charge in [-0.1, -0.05) is 28.7 Å². The lowest BCUT2D eigenvalue weighted by atomic mass is 10.1. The van der Waals surface area contributed by atoms with Gasteiger partial charge < -0.3 is 0 Å². The van der Waals surface area contributed by atoms with Crippen molar-refractivity contribution in [2.24, 2.45) is 4.47 Å². The van der Waals surface area contributed by atoms with E-state index in [1.165, 1.54) is 0 Å². The molecule has 5 heteroatoms. The molecule has 0 bridgehead atoms. The Bertz CT molecular complexity index is 444. The number of rotatable bonds is 4. The zero-order valence-electron chi connectivity index (χ0n) is 7.47. The highest BCUT2D eigenvalue weighted by atomic mass is 32.2. The number of hydrogen-bond donors (Lipinski definition) is 1. The van der Waals surface area contributed by atoms with Crippen LogP contribution in [0.25, 0.3) is 0 Å². The van der Waals surface area contributed by atoms with E-state index in [1.54, 1.807) is 18.2 Å². The maximum atomic E-state index is 10.2. The fraction of sp³-hybridized carbons (Fsp3) is 0.111. The molecule has 0 heterocycles. The number of para-hydroxylation sites is 1. The smallest absolute Gasteiger partial charge is 0.263 e. The van der Waals surface area contributed by atoms with Gasteiger partial charge >= 0.3 is 10.5 Å². The molecule has 1 aromatic carbocycles. The maximum Gasteiger partial charge on any atom is 0.332 e. The highest BCUT2D eigenvalue weighted by molar-refractivity contribution is 7.61. The predicted molar refractivity (Wildman–Crippen MR) is 55.3 cm³/mol. The molecule has 0 aliphatic heterocycles. The second kappa shape index (κ2) is 5.18. The van der Waals surface area contributed by atoms with Crippen molar-refractivity contribution >= 4 is 16.2 Å². The third kappa shape index (κ3) is 3.02. The molecule has 0 radical (unpaired) electrons. The van der Waals surface area contributed by atoms with Gasteiger partial charge in [-0.25, -0.2) is 0 Å². The molecule has 0 saturated heterocycles. The SMILES string of the molecule is C=CCc1ccccc1NN=S(=O)=O. The molecule has 0 unspecified atom stereocenters. The van der Waals surface area contributed by atoms with Crippen LogP contribution in [0.4, 0.5) is 5.69 Å².